The molecule has 0 radical (unpaired) electrons. The molecule has 0 bridgehead atoms. The predicted octanol–water partition coefficient (Wildman–Crippen LogP) is 4.52. The summed E-state index contributed by atoms with van der Waals surface area (Å²) < 4.78 is 0. The molecule has 0 atom stereocenters. The Morgan fingerprint density at radius 1 is 1.00 bits per heavy atom. The van der Waals surface area contributed by atoms with Crippen LogP contribution in [0.25, 0.3) is 0 Å². The fourth-order valence-corrected chi connectivity index (χ4v) is 3.81. The Bertz CT molecular complexity index is 1310. The van der Waals surface area contributed by atoms with E-state index in [0.29, 0.717) is 21.8 Å². The van der Waals surface area contributed by atoms with Crippen molar-refractivity contribution in [2.75, 3.05) is 23.7 Å². The molecular formula is C24H19ClN4O5. The fourth-order valence-electron chi connectivity index (χ4n) is 3.64. The van der Waals surface area contributed by atoms with Gasteiger partial charge in [-0.15, -0.1) is 0 Å². The molecule has 3 amide bonds. The maximum absolute atomic E-state index is 12.7. The van der Waals surface area contributed by atoms with E-state index in [1.54, 1.807) is 49.4 Å². The number of amides is 3. The second-order valence-corrected chi connectivity index (χ2v) is 8.07. The first-order chi connectivity index (χ1) is 16.3. The number of nitro benzene ring substituents is 1. The van der Waals surface area contributed by atoms with E-state index in [2.05, 4.69) is 10.6 Å². The average molecular weight is 479 g/mol. The Labute approximate surface area is 199 Å². The third kappa shape index (κ3) is 4.46. The lowest BCUT2D eigenvalue weighted by atomic mass is 10.1. The minimum absolute atomic E-state index is 0.0276. The number of nitrogens with one attached hydrogen (secondary N) is 2. The van der Waals surface area contributed by atoms with E-state index in [0.717, 1.165) is 10.5 Å². The second kappa shape index (κ2) is 9.32. The molecule has 1 aliphatic rings. The molecule has 172 valence electrons. The van der Waals surface area contributed by atoms with E-state index in [1.807, 2.05) is 0 Å². The van der Waals surface area contributed by atoms with E-state index in [-0.39, 0.29) is 30.0 Å². The lowest BCUT2D eigenvalue weighted by Crippen LogP contribution is -2.34. The first-order valence-electron chi connectivity index (χ1n) is 10.3. The summed E-state index contributed by atoms with van der Waals surface area (Å²) in [5.74, 6) is -1.33. The summed E-state index contributed by atoms with van der Waals surface area (Å²) in [4.78, 5) is 49.7. The lowest BCUT2D eigenvalue weighted by Gasteiger charge is -2.15. The number of imide groups is 1. The van der Waals surface area contributed by atoms with Gasteiger partial charge in [0.25, 0.3) is 23.4 Å². The van der Waals surface area contributed by atoms with Gasteiger partial charge in [0.1, 0.15) is 5.69 Å². The summed E-state index contributed by atoms with van der Waals surface area (Å²) in [6.45, 7) is 1.93. The molecule has 4 rings (SSSR count). The van der Waals surface area contributed by atoms with Gasteiger partial charge in [0.2, 0.25) is 0 Å². The van der Waals surface area contributed by atoms with Crippen LogP contribution in [0.1, 0.15) is 36.6 Å². The zero-order chi connectivity index (χ0) is 24.4. The van der Waals surface area contributed by atoms with Gasteiger partial charge in [-0.3, -0.25) is 29.4 Å². The number of carbonyl (C=O) groups excluding carboxylic acids is 3. The Kier molecular flexibility index (Phi) is 6.29. The minimum atomic E-state index is -0.605. The number of anilines is 2. The maximum atomic E-state index is 12.7. The van der Waals surface area contributed by atoms with Crippen molar-refractivity contribution in [3.63, 3.8) is 0 Å². The maximum Gasteiger partial charge on any atom is 0.293 e. The van der Waals surface area contributed by atoms with Crippen molar-refractivity contribution < 1.29 is 19.3 Å². The number of halogens is 1. The molecule has 1 heterocycles. The smallest absolute Gasteiger partial charge is 0.293 e. The van der Waals surface area contributed by atoms with E-state index in [1.165, 1.54) is 18.2 Å². The van der Waals surface area contributed by atoms with Gasteiger partial charge in [-0.05, 0) is 48.9 Å². The molecule has 0 aliphatic carbocycles. The van der Waals surface area contributed by atoms with Crippen LogP contribution in [-0.2, 0) is 0 Å². The number of aryl methyl sites for hydroxylation is 1. The van der Waals surface area contributed by atoms with Crippen molar-refractivity contribution in [3.8, 4) is 0 Å². The van der Waals surface area contributed by atoms with Gasteiger partial charge < -0.3 is 10.6 Å². The molecule has 0 fully saturated rings. The average Bonchev–Trinajstić information content (AvgIpc) is 3.06. The second-order valence-electron chi connectivity index (χ2n) is 7.64. The van der Waals surface area contributed by atoms with E-state index in [4.69, 9.17) is 11.6 Å². The zero-order valence-corrected chi connectivity index (χ0v) is 18.8. The highest BCUT2D eigenvalue weighted by molar-refractivity contribution is 6.31. The van der Waals surface area contributed by atoms with E-state index in [9.17, 15) is 24.5 Å². The number of nitro groups is 1. The summed E-state index contributed by atoms with van der Waals surface area (Å²) in [5, 5.41) is 17.7. The highest BCUT2D eigenvalue weighted by Crippen LogP contribution is 2.27. The van der Waals surface area contributed by atoms with Gasteiger partial charge in [0.15, 0.2) is 0 Å². The summed E-state index contributed by atoms with van der Waals surface area (Å²) in [5.41, 5.74) is 1.92. The number of benzene rings is 3. The Balaban J connectivity index is 1.45. The number of nitrogens with zero attached hydrogens (tertiary/aromatic N) is 2. The first-order valence-corrected chi connectivity index (χ1v) is 10.7. The monoisotopic (exact) mass is 478 g/mol. The molecule has 3 aromatic carbocycles. The van der Waals surface area contributed by atoms with Crippen LogP contribution in [0.5, 0.6) is 0 Å². The van der Waals surface area contributed by atoms with Crippen molar-refractivity contribution in [1.82, 2.24) is 4.90 Å². The van der Waals surface area contributed by atoms with Gasteiger partial charge in [-0.1, -0.05) is 29.8 Å². The van der Waals surface area contributed by atoms with Gasteiger partial charge in [0.05, 0.1) is 16.1 Å². The van der Waals surface area contributed by atoms with Gasteiger partial charge in [0, 0.05) is 35.4 Å². The SMILES string of the molecule is Cc1ccc(Cl)cc1NC(=O)c1ccc(NCCN2C(=O)c3ccccc3C2=O)c([N+](=O)[O-])c1. The van der Waals surface area contributed by atoms with Crippen molar-refractivity contribution in [2.24, 2.45) is 0 Å². The fraction of sp³-hybridized carbons (Fsp3) is 0.125. The van der Waals surface area contributed by atoms with Crippen molar-refractivity contribution in [2.45, 2.75) is 6.92 Å². The quantitative estimate of drug-likeness (QED) is 0.292. The van der Waals surface area contributed by atoms with Gasteiger partial charge >= 0.3 is 0 Å². The van der Waals surface area contributed by atoms with Crippen LogP contribution >= 0.6 is 11.6 Å². The minimum Gasteiger partial charge on any atom is -0.378 e. The first kappa shape index (κ1) is 22.9. The molecule has 2 N–H and O–H groups in total. The number of fused-ring (bicyclic) bond motifs is 1. The summed E-state index contributed by atoms with van der Waals surface area (Å²) in [7, 11) is 0. The summed E-state index contributed by atoms with van der Waals surface area (Å²) in [6, 6.07) is 15.6. The van der Waals surface area contributed by atoms with Crippen LogP contribution in [0, 0.1) is 17.0 Å². The van der Waals surface area contributed by atoms with Crippen LogP contribution in [0.2, 0.25) is 5.02 Å². The number of carbonyl (C=O) groups is 3. The van der Waals surface area contributed by atoms with E-state index < -0.39 is 22.6 Å². The van der Waals surface area contributed by atoms with Crippen LogP contribution < -0.4 is 10.6 Å². The molecule has 0 saturated heterocycles. The topological polar surface area (TPSA) is 122 Å². The molecule has 0 saturated carbocycles. The summed E-state index contributed by atoms with van der Waals surface area (Å²) in [6.07, 6.45) is 0. The molecule has 0 aromatic heterocycles. The number of rotatable bonds is 7. The third-order valence-electron chi connectivity index (χ3n) is 5.43. The predicted molar refractivity (Wildman–Crippen MR) is 128 cm³/mol. The molecule has 3 aromatic rings. The number of hydrogen-bond donors (Lipinski definition) is 2. The zero-order valence-electron chi connectivity index (χ0n) is 18.0. The summed E-state index contributed by atoms with van der Waals surface area (Å²) >= 11 is 5.98. The van der Waals surface area contributed by atoms with Crippen LogP contribution in [0.15, 0.2) is 60.7 Å². The van der Waals surface area contributed by atoms with Crippen molar-refractivity contribution in [3.05, 3.63) is 98.1 Å². The lowest BCUT2D eigenvalue weighted by molar-refractivity contribution is -0.384. The van der Waals surface area contributed by atoms with Crippen molar-refractivity contribution in [1.29, 1.82) is 0 Å². The van der Waals surface area contributed by atoms with Gasteiger partial charge in [-0.25, -0.2) is 0 Å². The number of hydrogen-bond acceptors (Lipinski definition) is 6. The highest BCUT2D eigenvalue weighted by atomic mass is 35.5. The molecule has 9 nitrogen and oxygen atoms in total. The Morgan fingerprint density at radius 3 is 2.32 bits per heavy atom. The molecular weight excluding hydrogens is 460 g/mol. The van der Waals surface area contributed by atoms with Crippen LogP contribution in [0.3, 0.4) is 0 Å². The molecule has 0 spiro atoms. The Hall–Kier alpha value is -4.24. The van der Waals surface area contributed by atoms with Crippen LogP contribution in [-0.4, -0.2) is 40.6 Å². The molecule has 34 heavy (non-hydrogen) atoms. The molecule has 0 unspecified atom stereocenters. The normalized spacial score (nSPS) is 12.5. The van der Waals surface area contributed by atoms with Crippen LogP contribution in [0.4, 0.5) is 17.1 Å². The third-order valence-corrected chi connectivity index (χ3v) is 5.67. The Morgan fingerprint density at radius 2 is 1.68 bits per heavy atom. The highest BCUT2D eigenvalue weighted by Gasteiger charge is 2.34. The van der Waals surface area contributed by atoms with Crippen molar-refractivity contribution >= 4 is 46.4 Å². The molecule has 1 aliphatic heterocycles. The standard InChI is InChI=1S/C24H19ClN4O5/c1-14-6-8-16(25)13-20(14)27-22(30)15-7-9-19(21(12-15)29(33)34)26-10-11-28-23(31)17-4-2-3-5-18(17)24(28)32/h2-9,12-13,26H,10-11H2,1H3,(H,27,30). The van der Waals surface area contributed by atoms with Gasteiger partial charge in [-0.2, -0.15) is 0 Å². The molecule has 10 heteroatoms. The van der Waals surface area contributed by atoms with E-state index >= 15 is 0 Å². The largest absolute Gasteiger partial charge is 0.378 e.